The number of thioether (sulfide) groups is 1. The van der Waals surface area contributed by atoms with Crippen LogP contribution in [-0.2, 0) is 9.53 Å². The molecule has 6 heteroatoms. The highest BCUT2D eigenvalue weighted by atomic mass is 35.5. The molecule has 0 radical (unpaired) electrons. The number of hydrogen-bond acceptors (Lipinski definition) is 5. The molecule has 1 atom stereocenters. The van der Waals surface area contributed by atoms with Crippen molar-refractivity contribution in [3.05, 3.63) is 23.4 Å². The van der Waals surface area contributed by atoms with Gasteiger partial charge in [0.15, 0.2) is 0 Å². The average molecular weight is 331 g/mol. The van der Waals surface area contributed by atoms with Crippen molar-refractivity contribution < 1.29 is 9.53 Å². The lowest BCUT2D eigenvalue weighted by molar-refractivity contribution is -0.148. The van der Waals surface area contributed by atoms with Crippen LogP contribution in [0, 0.1) is 0 Å². The average Bonchev–Trinajstić information content (AvgIpc) is 2.50. The molecule has 0 bridgehead atoms. The molecule has 4 nitrogen and oxygen atoms in total. The Morgan fingerprint density at radius 2 is 2.33 bits per heavy atom. The van der Waals surface area contributed by atoms with Gasteiger partial charge in [0.2, 0.25) is 0 Å². The molecule has 118 valence electrons. The summed E-state index contributed by atoms with van der Waals surface area (Å²) in [6, 6.07) is 3.65. The van der Waals surface area contributed by atoms with E-state index >= 15 is 0 Å². The molecule has 1 N–H and O–H groups in total. The van der Waals surface area contributed by atoms with Gasteiger partial charge >= 0.3 is 5.97 Å². The predicted molar refractivity (Wildman–Crippen MR) is 87.9 cm³/mol. The lowest BCUT2D eigenvalue weighted by Gasteiger charge is -2.27. The minimum absolute atomic E-state index is 0.211. The van der Waals surface area contributed by atoms with Gasteiger partial charge in [-0.25, -0.2) is 4.98 Å². The zero-order chi connectivity index (χ0) is 15.7. The van der Waals surface area contributed by atoms with Crippen LogP contribution in [0.5, 0.6) is 0 Å². The normalized spacial score (nSPS) is 13.7. The summed E-state index contributed by atoms with van der Waals surface area (Å²) in [5.74, 6) is 0.647. The quantitative estimate of drug-likeness (QED) is 0.426. The fourth-order valence-corrected chi connectivity index (χ4v) is 3.07. The van der Waals surface area contributed by atoms with E-state index in [1.807, 2.05) is 19.1 Å². The number of nitrogens with one attached hydrogen (secondary N) is 1. The molecule has 21 heavy (non-hydrogen) atoms. The molecule has 1 aromatic rings. The van der Waals surface area contributed by atoms with Gasteiger partial charge < -0.3 is 10.1 Å². The Hall–Kier alpha value is -0.780. The molecule has 0 spiro atoms. The van der Waals surface area contributed by atoms with E-state index in [4.69, 9.17) is 16.3 Å². The Labute approximate surface area is 136 Å². The van der Waals surface area contributed by atoms with Crippen LogP contribution in [0.1, 0.15) is 33.1 Å². The predicted octanol–water partition coefficient (Wildman–Crippen LogP) is 3.54. The molecular weight excluding hydrogens is 308 g/mol. The van der Waals surface area contributed by atoms with Gasteiger partial charge in [0.05, 0.1) is 12.1 Å². The summed E-state index contributed by atoms with van der Waals surface area (Å²) < 4.78 is 4.91. The summed E-state index contributed by atoms with van der Waals surface area (Å²) in [5.41, 5.74) is -0.626. The van der Waals surface area contributed by atoms with Crippen molar-refractivity contribution in [1.82, 2.24) is 10.3 Å². The molecule has 1 heterocycles. The molecule has 0 aliphatic heterocycles. The number of ether oxygens (including phenoxy) is 1. The summed E-state index contributed by atoms with van der Waals surface area (Å²) in [7, 11) is 1.43. The maximum Gasteiger partial charge on any atom is 0.325 e. The second-order valence-corrected chi connectivity index (χ2v) is 6.48. The Bertz CT molecular complexity index is 459. The SMILES string of the molecule is CCCNC(C)(CCCSc1ncccc1Cl)C(=O)OC. The van der Waals surface area contributed by atoms with Gasteiger partial charge in [0.1, 0.15) is 10.6 Å². The molecule has 1 aromatic heterocycles. The Morgan fingerprint density at radius 3 is 2.95 bits per heavy atom. The molecule has 0 aliphatic carbocycles. The molecule has 0 aromatic carbocycles. The van der Waals surface area contributed by atoms with Crippen LogP contribution in [0.4, 0.5) is 0 Å². The van der Waals surface area contributed by atoms with Crippen molar-refractivity contribution in [2.24, 2.45) is 0 Å². The van der Waals surface area contributed by atoms with Crippen LogP contribution in [0.3, 0.4) is 0 Å². The second kappa shape index (κ2) is 9.28. The van der Waals surface area contributed by atoms with Crippen molar-refractivity contribution in [1.29, 1.82) is 0 Å². The summed E-state index contributed by atoms with van der Waals surface area (Å²) >= 11 is 7.67. The Kier molecular flexibility index (Phi) is 8.07. The third kappa shape index (κ3) is 5.85. The highest BCUT2D eigenvalue weighted by Crippen LogP contribution is 2.26. The number of methoxy groups -OCH3 is 1. The maximum absolute atomic E-state index is 11.9. The van der Waals surface area contributed by atoms with E-state index in [0.29, 0.717) is 5.02 Å². The number of aromatic nitrogens is 1. The molecule has 1 unspecified atom stereocenters. The van der Waals surface area contributed by atoms with Gasteiger partial charge in [-0.05, 0) is 50.6 Å². The summed E-state index contributed by atoms with van der Waals surface area (Å²) in [6.07, 6.45) is 4.30. The van der Waals surface area contributed by atoms with Crippen LogP contribution in [0.25, 0.3) is 0 Å². The van der Waals surface area contributed by atoms with Gasteiger partial charge in [0, 0.05) is 6.20 Å². The van der Waals surface area contributed by atoms with Crippen molar-refractivity contribution in [2.45, 2.75) is 43.7 Å². The summed E-state index contributed by atoms with van der Waals surface area (Å²) in [4.78, 5) is 16.2. The van der Waals surface area contributed by atoms with Crippen LogP contribution in [-0.4, -0.2) is 35.9 Å². The standard InChI is InChI=1S/C15H23ClN2O2S/c1-4-9-18-15(2,14(19)20-3)8-6-11-21-13-12(16)7-5-10-17-13/h5,7,10,18H,4,6,8-9,11H2,1-3H3. The van der Waals surface area contributed by atoms with Crippen LogP contribution < -0.4 is 5.32 Å². The first-order chi connectivity index (χ1) is 10.0. The van der Waals surface area contributed by atoms with Crippen molar-refractivity contribution in [3.63, 3.8) is 0 Å². The molecular formula is C15H23ClN2O2S. The number of pyridine rings is 1. The number of hydrogen-bond donors (Lipinski definition) is 1. The Morgan fingerprint density at radius 1 is 1.57 bits per heavy atom. The minimum Gasteiger partial charge on any atom is -0.468 e. The van der Waals surface area contributed by atoms with E-state index in [0.717, 1.165) is 36.6 Å². The van der Waals surface area contributed by atoms with Gasteiger partial charge in [-0.2, -0.15) is 0 Å². The molecule has 0 saturated heterocycles. The largest absolute Gasteiger partial charge is 0.468 e. The third-order valence-electron chi connectivity index (χ3n) is 3.19. The first-order valence-electron chi connectivity index (χ1n) is 7.10. The number of esters is 1. The molecule has 0 amide bonds. The number of carbonyl (C=O) groups is 1. The molecule has 0 fully saturated rings. The highest BCUT2D eigenvalue weighted by molar-refractivity contribution is 7.99. The lowest BCUT2D eigenvalue weighted by atomic mass is 9.96. The van der Waals surface area contributed by atoms with Crippen LogP contribution in [0.15, 0.2) is 23.4 Å². The zero-order valence-corrected chi connectivity index (χ0v) is 14.4. The number of carbonyl (C=O) groups excluding carboxylic acids is 1. The van der Waals surface area contributed by atoms with Gasteiger partial charge in [-0.15, -0.1) is 11.8 Å². The highest BCUT2D eigenvalue weighted by Gasteiger charge is 2.32. The summed E-state index contributed by atoms with van der Waals surface area (Å²) in [5, 5.41) is 4.78. The van der Waals surface area contributed by atoms with Crippen molar-refractivity contribution in [2.75, 3.05) is 19.4 Å². The fourth-order valence-electron chi connectivity index (χ4n) is 1.96. The van der Waals surface area contributed by atoms with Crippen molar-refractivity contribution in [3.8, 4) is 0 Å². The van der Waals surface area contributed by atoms with E-state index < -0.39 is 5.54 Å². The number of nitrogens with zero attached hydrogens (tertiary/aromatic N) is 1. The molecule has 0 saturated carbocycles. The second-order valence-electron chi connectivity index (χ2n) is 4.99. The number of halogens is 1. The first kappa shape index (κ1) is 18.3. The maximum atomic E-state index is 11.9. The van der Waals surface area contributed by atoms with E-state index in [1.54, 1.807) is 18.0 Å². The van der Waals surface area contributed by atoms with E-state index in [9.17, 15) is 4.79 Å². The van der Waals surface area contributed by atoms with Crippen LogP contribution >= 0.6 is 23.4 Å². The van der Waals surface area contributed by atoms with E-state index in [1.165, 1.54) is 7.11 Å². The number of rotatable bonds is 9. The zero-order valence-electron chi connectivity index (χ0n) is 12.8. The van der Waals surface area contributed by atoms with E-state index in [-0.39, 0.29) is 5.97 Å². The lowest BCUT2D eigenvalue weighted by Crippen LogP contribution is -2.50. The topological polar surface area (TPSA) is 51.2 Å². The van der Waals surface area contributed by atoms with Crippen LogP contribution in [0.2, 0.25) is 5.02 Å². The van der Waals surface area contributed by atoms with Gasteiger partial charge in [-0.1, -0.05) is 18.5 Å². The molecule has 1 rings (SSSR count). The summed E-state index contributed by atoms with van der Waals surface area (Å²) in [6.45, 7) is 4.77. The fraction of sp³-hybridized carbons (Fsp3) is 0.600. The van der Waals surface area contributed by atoms with Crippen molar-refractivity contribution >= 4 is 29.3 Å². The minimum atomic E-state index is -0.626. The third-order valence-corrected chi connectivity index (χ3v) is 4.69. The smallest absolute Gasteiger partial charge is 0.325 e. The monoisotopic (exact) mass is 330 g/mol. The Balaban J connectivity index is 2.46. The first-order valence-corrected chi connectivity index (χ1v) is 8.46. The van der Waals surface area contributed by atoms with Gasteiger partial charge in [0.25, 0.3) is 0 Å². The van der Waals surface area contributed by atoms with E-state index in [2.05, 4.69) is 17.2 Å². The van der Waals surface area contributed by atoms with Gasteiger partial charge in [-0.3, -0.25) is 4.79 Å². The molecule has 0 aliphatic rings.